The number of carbonyl (C=O) groups is 1. The second-order valence-corrected chi connectivity index (χ2v) is 6.04. The van der Waals surface area contributed by atoms with Crippen molar-refractivity contribution in [3.63, 3.8) is 0 Å². The van der Waals surface area contributed by atoms with Crippen LogP contribution in [0.15, 0.2) is 64.2 Å². The minimum atomic E-state index is -0.349. The Morgan fingerprint density at radius 2 is 1.70 bits per heavy atom. The number of amides is 1. The van der Waals surface area contributed by atoms with Gasteiger partial charge >= 0.3 is 5.69 Å². The molecule has 0 saturated carbocycles. The molecule has 0 aliphatic carbocycles. The van der Waals surface area contributed by atoms with E-state index in [0.717, 1.165) is 5.56 Å². The SMILES string of the molecule is CCn1c(=O)c2cc(NC(=O)C=Cc3ccccc3)ccc2n(CC)c1=O. The Kier molecular flexibility index (Phi) is 5.35. The molecule has 2 aromatic carbocycles. The Morgan fingerprint density at radius 1 is 1.00 bits per heavy atom. The van der Waals surface area contributed by atoms with Crippen molar-refractivity contribution >= 4 is 28.6 Å². The molecule has 0 aliphatic heterocycles. The Labute approximate surface area is 156 Å². The molecule has 138 valence electrons. The molecule has 0 bridgehead atoms. The lowest BCUT2D eigenvalue weighted by Gasteiger charge is -2.12. The number of fused-ring (bicyclic) bond motifs is 1. The van der Waals surface area contributed by atoms with Crippen molar-refractivity contribution < 1.29 is 4.79 Å². The minimum Gasteiger partial charge on any atom is -0.322 e. The third-order valence-corrected chi connectivity index (χ3v) is 4.35. The summed E-state index contributed by atoms with van der Waals surface area (Å²) >= 11 is 0. The maximum absolute atomic E-state index is 12.6. The molecule has 1 aromatic heterocycles. The van der Waals surface area contributed by atoms with Gasteiger partial charge in [0, 0.05) is 24.9 Å². The first-order valence-corrected chi connectivity index (χ1v) is 8.86. The number of aromatic nitrogens is 2. The first-order chi connectivity index (χ1) is 13.0. The predicted octanol–water partition coefficient (Wildman–Crippen LogP) is 2.85. The summed E-state index contributed by atoms with van der Waals surface area (Å²) in [6.45, 7) is 4.37. The Morgan fingerprint density at radius 3 is 2.37 bits per heavy atom. The smallest absolute Gasteiger partial charge is 0.322 e. The van der Waals surface area contributed by atoms with Crippen LogP contribution in [0.25, 0.3) is 17.0 Å². The molecular formula is C21H21N3O3. The van der Waals surface area contributed by atoms with E-state index in [1.807, 2.05) is 37.3 Å². The van der Waals surface area contributed by atoms with E-state index < -0.39 is 0 Å². The number of anilines is 1. The number of nitrogens with zero attached hydrogens (tertiary/aromatic N) is 2. The van der Waals surface area contributed by atoms with Crippen LogP contribution in [0.5, 0.6) is 0 Å². The highest BCUT2D eigenvalue weighted by atomic mass is 16.2. The highest BCUT2D eigenvalue weighted by Crippen LogP contribution is 2.16. The number of nitrogens with one attached hydrogen (secondary N) is 1. The van der Waals surface area contributed by atoms with Gasteiger partial charge in [-0.05, 0) is 43.7 Å². The standard InChI is InChI=1S/C21H21N3O3/c1-3-23-18-12-11-16(14-17(18)20(26)24(4-2)21(23)27)22-19(25)13-10-15-8-6-5-7-9-15/h5-14H,3-4H2,1-2H3,(H,22,25). The lowest BCUT2D eigenvalue weighted by Crippen LogP contribution is -2.39. The van der Waals surface area contributed by atoms with Crippen LogP contribution in [0, 0.1) is 0 Å². The zero-order chi connectivity index (χ0) is 19.4. The molecule has 0 aliphatic rings. The van der Waals surface area contributed by atoms with Gasteiger partial charge in [-0.15, -0.1) is 0 Å². The van der Waals surface area contributed by atoms with Crippen molar-refractivity contribution in [1.82, 2.24) is 9.13 Å². The van der Waals surface area contributed by atoms with Gasteiger partial charge in [0.15, 0.2) is 0 Å². The average molecular weight is 363 g/mol. The van der Waals surface area contributed by atoms with Gasteiger partial charge in [0.25, 0.3) is 5.56 Å². The summed E-state index contributed by atoms with van der Waals surface area (Å²) in [6.07, 6.45) is 3.16. The fraction of sp³-hybridized carbons (Fsp3) is 0.190. The van der Waals surface area contributed by atoms with Crippen molar-refractivity contribution in [3.05, 3.63) is 81.0 Å². The van der Waals surface area contributed by atoms with Crippen LogP contribution >= 0.6 is 0 Å². The molecule has 6 nitrogen and oxygen atoms in total. The zero-order valence-electron chi connectivity index (χ0n) is 15.3. The van der Waals surface area contributed by atoms with Gasteiger partial charge in [-0.2, -0.15) is 0 Å². The minimum absolute atomic E-state index is 0.294. The van der Waals surface area contributed by atoms with Crippen LogP contribution < -0.4 is 16.6 Å². The summed E-state index contributed by atoms with van der Waals surface area (Å²) in [5.74, 6) is -0.294. The topological polar surface area (TPSA) is 73.1 Å². The van der Waals surface area contributed by atoms with E-state index in [-0.39, 0.29) is 17.2 Å². The highest BCUT2D eigenvalue weighted by molar-refractivity contribution is 6.02. The molecule has 0 spiro atoms. The second kappa shape index (κ2) is 7.86. The summed E-state index contributed by atoms with van der Waals surface area (Å²) in [7, 11) is 0. The molecular weight excluding hydrogens is 342 g/mol. The van der Waals surface area contributed by atoms with Crippen LogP contribution in [0.3, 0.4) is 0 Å². The fourth-order valence-electron chi connectivity index (χ4n) is 3.01. The van der Waals surface area contributed by atoms with Gasteiger partial charge < -0.3 is 5.32 Å². The van der Waals surface area contributed by atoms with Gasteiger partial charge in [0.2, 0.25) is 5.91 Å². The van der Waals surface area contributed by atoms with E-state index in [0.29, 0.717) is 29.7 Å². The molecule has 0 fully saturated rings. The fourth-order valence-corrected chi connectivity index (χ4v) is 3.01. The molecule has 0 unspecified atom stereocenters. The first kappa shape index (κ1) is 18.4. The summed E-state index contributed by atoms with van der Waals surface area (Å²) < 4.78 is 2.76. The second-order valence-electron chi connectivity index (χ2n) is 6.04. The number of aryl methyl sites for hydroxylation is 1. The van der Waals surface area contributed by atoms with E-state index in [2.05, 4.69) is 5.32 Å². The monoisotopic (exact) mass is 363 g/mol. The number of carbonyl (C=O) groups excluding carboxylic acids is 1. The van der Waals surface area contributed by atoms with Gasteiger partial charge in [0.05, 0.1) is 10.9 Å². The van der Waals surface area contributed by atoms with Crippen LogP contribution in [-0.2, 0) is 17.9 Å². The molecule has 27 heavy (non-hydrogen) atoms. The van der Waals surface area contributed by atoms with Crippen molar-refractivity contribution in [1.29, 1.82) is 0 Å². The zero-order valence-corrected chi connectivity index (χ0v) is 15.3. The van der Waals surface area contributed by atoms with E-state index in [1.165, 1.54) is 10.6 Å². The molecule has 3 aromatic rings. The molecule has 0 radical (unpaired) electrons. The van der Waals surface area contributed by atoms with Gasteiger partial charge in [-0.25, -0.2) is 4.79 Å². The van der Waals surface area contributed by atoms with Crippen molar-refractivity contribution in [3.8, 4) is 0 Å². The molecule has 6 heteroatoms. The largest absolute Gasteiger partial charge is 0.331 e. The van der Waals surface area contributed by atoms with E-state index in [4.69, 9.17) is 0 Å². The predicted molar refractivity (Wildman–Crippen MR) is 108 cm³/mol. The Hall–Kier alpha value is -3.41. The van der Waals surface area contributed by atoms with Gasteiger partial charge in [-0.3, -0.25) is 18.7 Å². The summed E-state index contributed by atoms with van der Waals surface area (Å²) in [4.78, 5) is 37.2. The molecule has 1 heterocycles. The van der Waals surface area contributed by atoms with Crippen molar-refractivity contribution in [2.45, 2.75) is 26.9 Å². The van der Waals surface area contributed by atoms with Gasteiger partial charge in [0.1, 0.15) is 0 Å². The normalized spacial score (nSPS) is 11.2. The summed E-state index contributed by atoms with van der Waals surface area (Å²) in [6, 6.07) is 14.5. The molecule has 3 rings (SSSR count). The van der Waals surface area contributed by atoms with E-state index in [1.54, 1.807) is 35.8 Å². The lowest BCUT2D eigenvalue weighted by molar-refractivity contribution is -0.111. The van der Waals surface area contributed by atoms with Crippen LogP contribution in [0.4, 0.5) is 5.69 Å². The number of rotatable bonds is 5. The molecule has 0 saturated heterocycles. The van der Waals surface area contributed by atoms with Crippen LogP contribution in [0.2, 0.25) is 0 Å². The Balaban J connectivity index is 1.95. The maximum atomic E-state index is 12.6. The summed E-state index contributed by atoms with van der Waals surface area (Å²) in [5.41, 5.74) is 1.32. The molecule has 1 amide bonds. The number of hydrogen-bond donors (Lipinski definition) is 1. The quantitative estimate of drug-likeness (QED) is 0.709. The third kappa shape index (κ3) is 3.74. The number of hydrogen-bond acceptors (Lipinski definition) is 3. The van der Waals surface area contributed by atoms with Crippen LogP contribution in [-0.4, -0.2) is 15.0 Å². The molecule has 0 atom stereocenters. The van der Waals surface area contributed by atoms with Crippen molar-refractivity contribution in [2.75, 3.05) is 5.32 Å². The maximum Gasteiger partial charge on any atom is 0.331 e. The van der Waals surface area contributed by atoms with E-state index in [9.17, 15) is 14.4 Å². The van der Waals surface area contributed by atoms with Crippen molar-refractivity contribution in [2.24, 2.45) is 0 Å². The van der Waals surface area contributed by atoms with Gasteiger partial charge in [-0.1, -0.05) is 30.3 Å². The molecule has 1 N–H and O–H groups in total. The Bertz CT molecular complexity index is 1130. The number of benzene rings is 2. The van der Waals surface area contributed by atoms with E-state index >= 15 is 0 Å². The summed E-state index contributed by atoms with van der Waals surface area (Å²) in [5, 5.41) is 3.17. The van der Waals surface area contributed by atoms with Crippen LogP contribution in [0.1, 0.15) is 19.4 Å². The first-order valence-electron chi connectivity index (χ1n) is 8.86. The highest BCUT2D eigenvalue weighted by Gasteiger charge is 2.12. The lowest BCUT2D eigenvalue weighted by atomic mass is 10.2. The third-order valence-electron chi connectivity index (χ3n) is 4.35. The average Bonchev–Trinajstić information content (AvgIpc) is 2.68.